The summed E-state index contributed by atoms with van der Waals surface area (Å²) >= 11 is 0. The van der Waals surface area contributed by atoms with Gasteiger partial charge in [-0.1, -0.05) is 32.1 Å². The van der Waals surface area contributed by atoms with E-state index in [0.29, 0.717) is 5.92 Å². The van der Waals surface area contributed by atoms with Crippen LogP contribution in [0.5, 0.6) is 0 Å². The first kappa shape index (κ1) is 16.3. The van der Waals surface area contributed by atoms with Crippen molar-refractivity contribution in [3.05, 3.63) is 0 Å². The van der Waals surface area contributed by atoms with Crippen LogP contribution in [0, 0.1) is 5.92 Å². The average Bonchev–Trinajstić information content (AvgIpc) is 2.26. The number of carbonyl (C=O) groups is 1. The molecule has 0 radical (unpaired) electrons. The minimum absolute atomic E-state index is 0.000162. The molecule has 0 aromatic carbocycles. The molecular formula is C15H30N2O2. The SMILES string of the molecule is C[C@H](NC(C)(C)C)C(CC1CCCCC1)NC(=O)O. The van der Waals surface area contributed by atoms with E-state index in [1.807, 2.05) is 0 Å². The van der Waals surface area contributed by atoms with E-state index >= 15 is 0 Å². The highest BCUT2D eigenvalue weighted by molar-refractivity contribution is 5.64. The Morgan fingerprint density at radius 1 is 1.26 bits per heavy atom. The molecule has 3 N–H and O–H groups in total. The van der Waals surface area contributed by atoms with E-state index in [4.69, 9.17) is 5.11 Å². The molecule has 1 aliphatic carbocycles. The lowest BCUT2D eigenvalue weighted by Gasteiger charge is -2.34. The summed E-state index contributed by atoms with van der Waals surface area (Å²) in [5, 5.41) is 15.2. The van der Waals surface area contributed by atoms with Crippen molar-refractivity contribution in [1.82, 2.24) is 10.6 Å². The highest BCUT2D eigenvalue weighted by atomic mass is 16.4. The summed E-state index contributed by atoms with van der Waals surface area (Å²) in [6.07, 6.45) is 6.47. The van der Waals surface area contributed by atoms with E-state index in [1.165, 1.54) is 32.1 Å². The van der Waals surface area contributed by atoms with Gasteiger partial charge in [0.15, 0.2) is 0 Å². The second-order valence-corrected chi connectivity index (χ2v) is 6.98. The van der Waals surface area contributed by atoms with Crippen molar-refractivity contribution in [3.8, 4) is 0 Å². The van der Waals surface area contributed by atoms with E-state index in [0.717, 1.165) is 6.42 Å². The van der Waals surface area contributed by atoms with Crippen LogP contribution in [-0.4, -0.2) is 28.8 Å². The summed E-state index contributed by atoms with van der Waals surface area (Å²) in [5.74, 6) is 0.676. The molecular weight excluding hydrogens is 240 g/mol. The van der Waals surface area contributed by atoms with E-state index in [-0.39, 0.29) is 17.6 Å². The highest BCUT2D eigenvalue weighted by Crippen LogP contribution is 2.28. The summed E-state index contributed by atoms with van der Waals surface area (Å²) in [6, 6.07) is 0.151. The third kappa shape index (κ3) is 6.81. The molecule has 1 saturated carbocycles. The fourth-order valence-electron chi connectivity index (χ4n) is 3.11. The van der Waals surface area contributed by atoms with Crippen molar-refractivity contribution < 1.29 is 9.90 Å². The molecule has 1 aliphatic rings. The number of hydrogen-bond acceptors (Lipinski definition) is 2. The summed E-state index contributed by atoms with van der Waals surface area (Å²) in [5.41, 5.74) is 0.00438. The van der Waals surface area contributed by atoms with Gasteiger partial charge in [0.2, 0.25) is 0 Å². The minimum atomic E-state index is -0.914. The zero-order valence-corrected chi connectivity index (χ0v) is 12.8. The number of nitrogens with one attached hydrogen (secondary N) is 2. The number of carboxylic acid groups (broad SMARTS) is 1. The summed E-state index contributed by atoms with van der Waals surface area (Å²) in [4.78, 5) is 11.0. The van der Waals surface area contributed by atoms with Gasteiger partial charge in [-0.15, -0.1) is 0 Å². The van der Waals surface area contributed by atoms with E-state index in [2.05, 4.69) is 38.3 Å². The van der Waals surface area contributed by atoms with Gasteiger partial charge >= 0.3 is 6.09 Å². The predicted octanol–water partition coefficient (Wildman–Crippen LogP) is 3.37. The van der Waals surface area contributed by atoms with Gasteiger partial charge in [0.05, 0.1) is 0 Å². The van der Waals surface area contributed by atoms with Gasteiger partial charge in [-0.3, -0.25) is 0 Å². The lowest BCUT2D eigenvalue weighted by molar-refractivity contribution is 0.176. The van der Waals surface area contributed by atoms with Crippen LogP contribution in [0.2, 0.25) is 0 Å². The first-order valence-electron chi connectivity index (χ1n) is 7.55. The molecule has 4 heteroatoms. The summed E-state index contributed by atoms with van der Waals surface area (Å²) < 4.78 is 0. The molecule has 0 aliphatic heterocycles. The Bertz CT molecular complexity index is 280. The lowest BCUT2D eigenvalue weighted by Crippen LogP contribution is -2.54. The van der Waals surface area contributed by atoms with Crippen LogP contribution in [0.1, 0.15) is 66.2 Å². The normalized spacial score (nSPS) is 20.8. The van der Waals surface area contributed by atoms with Gasteiger partial charge in [-0.05, 0) is 40.0 Å². The Labute approximate surface area is 117 Å². The van der Waals surface area contributed by atoms with Crippen molar-refractivity contribution in [2.24, 2.45) is 5.92 Å². The first-order chi connectivity index (χ1) is 8.78. The van der Waals surface area contributed by atoms with Gasteiger partial charge < -0.3 is 15.7 Å². The van der Waals surface area contributed by atoms with Crippen molar-refractivity contribution in [2.45, 2.75) is 83.8 Å². The first-order valence-corrected chi connectivity index (χ1v) is 7.55. The Kier molecular flexibility index (Phi) is 6.11. The van der Waals surface area contributed by atoms with Crippen molar-refractivity contribution in [1.29, 1.82) is 0 Å². The van der Waals surface area contributed by atoms with Crippen molar-refractivity contribution in [2.75, 3.05) is 0 Å². The lowest BCUT2D eigenvalue weighted by atomic mass is 9.83. The second kappa shape index (κ2) is 7.13. The molecule has 2 atom stereocenters. The molecule has 0 heterocycles. The van der Waals surface area contributed by atoms with Gasteiger partial charge in [-0.25, -0.2) is 4.79 Å². The molecule has 1 fully saturated rings. The number of amides is 1. The smallest absolute Gasteiger partial charge is 0.404 e. The van der Waals surface area contributed by atoms with Crippen LogP contribution >= 0.6 is 0 Å². The molecule has 4 nitrogen and oxygen atoms in total. The van der Waals surface area contributed by atoms with Crippen LogP contribution < -0.4 is 10.6 Å². The van der Waals surface area contributed by atoms with Crippen LogP contribution in [-0.2, 0) is 0 Å². The molecule has 0 spiro atoms. The maximum absolute atomic E-state index is 11.0. The minimum Gasteiger partial charge on any atom is -0.465 e. The maximum Gasteiger partial charge on any atom is 0.404 e. The molecule has 0 bridgehead atoms. The van der Waals surface area contributed by atoms with Gasteiger partial charge in [0.25, 0.3) is 0 Å². The molecule has 1 amide bonds. The van der Waals surface area contributed by atoms with Crippen molar-refractivity contribution in [3.63, 3.8) is 0 Å². The van der Waals surface area contributed by atoms with Crippen LogP contribution in [0.3, 0.4) is 0 Å². The van der Waals surface area contributed by atoms with Gasteiger partial charge in [0, 0.05) is 17.6 Å². The van der Waals surface area contributed by atoms with Gasteiger partial charge in [-0.2, -0.15) is 0 Å². The summed E-state index contributed by atoms with van der Waals surface area (Å²) in [7, 11) is 0. The molecule has 1 unspecified atom stereocenters. The Balaban J connectivity index is 2.56. The second-order valence-electron chi connectivity index (χ2n) is 6.98. The number of hydrogen-bond donors (Lipinski definition) is 3. The van der Waals surface area contributed by atoms with E-state index in [1.54, 1.807) is 0 Å². The summed E-state index contributed by atoms with van der Waals surface area (Å²) in [6.45, 7) is 8.42. The van der Waals surface area contributed by atoms with Gasteiger partial charge in [0.1, 0.15) is 0 Å². The fraction of sp³-hybridized carbons (Fsp3) is 0.933. The van der Waals surface area contributed by atoms with Crippen molar-refractivity contribution >= 4 is 6.09 Å². The standard InChI is InChI=1S/C15H30N2O2/c1-11(17-15(2,3)4)13(16-14(18)19)10-12-8-6-5-7-9-12/h11-13,16-17H,5-10H2,1-4H3,(H,18,19)/t11-,13?/m0/s1. The third-order valence-electron chi connectivity index (χ3n) is 3.89. The van der Waals surface area contributed by atoms with Crippen LogP contribution in [0.4, 0.5) is 4.79 Å². The third-order valence-corrected chi connectivity index (χ3v) is 3.89. The maximum atomic E-state index is 11.0. The Hall–Kier alpha value is -0.770. The molecule has 0 saturated heterocycles. The van der Waals surface area contributed by atoms with E-state index in [9.17, 15) is 4.79 Å². The fourth-order valence-corrected chi connectivity index (χ4v) is 3.11. The Morgan fingerprint density at radius 3 is 2.32 bits per heavy atom. The Morgan fingerprint density at radius 2 is 1.84 bits per heavy atom. The van der Waals surface area contributed by atoms with Crippen LogP contribution in [0.15, 0.2) is 0 Å². The number of rotatable bonds is 5. The quantitative estimate of drug-likeness (QED) is 0.718. The highest BCUT2D eigenvalue weighted by Gasteiger charge is 2.26. The predicted molar refractivity (Wildman–Crippen MR) is 78.5 cm³/mol. The zero-order chi connectivity index (χ0) is 14.5. The monoisotopic (exact) mass is 270 g/mol. The van der Waals surface area contributed by atoms with Crippen LogP contribution in [0.25, 0.3) is 0 Å². The topological polar surface area (TPSA) is 61.4 Å². The molecule has 19 heavy (non-hydrogen) atoms. The van der Waals surface area contributed by atoms with E-state index < -0.39 is 6.09 Å². The zero-order valence-electron chi connectivity index (χ0n) is 12.8. The molecule has 0 aromatic rings. The molecule has 112 valence electrons. The average molecular weight is 270 g/mol. The largest absolute Gasteiger partial charge is 0.465 e. The molecule has 1 rings (SSSR count). The molecule has 0 aromatic heterocycles.